The van der Waals surface area contributed by atoms with E-state index in [9.17, 15) is 9.59 Å². The number of carbonyl (C=O) groups is 1. The molecule has 0 radical (unpaired) electrons. The largest absolute Gasteiger partial charge is 0.385 e. The van der Waals surface area contributed by atoms with E-state index in [0.29, 0.717) is 61.4 Å². The molecular formula is C30H41N3O4. The average Bonchev–Trinajstić information content (AvgIpc) is 2.92. The van der Waals surface area contributed by atoms with Crippen LogP contribution in [0.2, 0.25) is 0 Å². The Hall–Kier alpha value is -3.03. The predicted molar refractivity (Wildman–Crippen MR) is 148 cm³/mol. The molecule has 0 aliphatic rings. The normalized spacial score (nSPS) is 12.1. The van der Waals surface area contributed by atoms with Crippen molar-refractivity contribution in [1.29, 1.82) is 0 Å². The van der Waals surface area contributed by atoms with E-state index in [1.807, 2.05) is 42.2 Å². The zero-order valence-corrected chi connectivity index (χ0v) is 22.7. The third-order valence-corrected chi connectivity index (χ3v) is 6.75. The number of aryl methyl sites for hydroxylation is 1. The summed E-state index contributed by atoms with van der Waals surface area (Å²) < 4.78 is 12.3. The van der Waals surface area contributed by atoms with Crippen LogP contribution in [0.15, 0.2) is 53.3 Å². The molecule has 1 aromatic heterocycles. The zero-order chi connectivity index (χ0) is 26.6. The van der Waals surface area contributed by atoms with E-state index < -0.39 is 0 Å². The molecule has 1 heterocycles. The number of carbonyl (C=O) groups excluding carboxylic acids is 1. The molecule has 7 nitrogen and oxygen atoms in total. The molecule has 0 spiro atoms. The van der Waals surface area contributed by atoms with Gasteiger partial charge in [0, 0.05) is 32.9 Å². The number of amides is 1. The lowest BCUT2D eigenvalue weighted by Gasteiger charge is -2.32. The third-order valence-electron chi connectivity index (χ3n) is 6.75. The van der Waals surface area contributed by atoms with E-state index in [0.717, 1.165) is 12.8 Å². The Kier molecular flexibility index (Phi) is 11.3. The highest BCUT2D eigenvalue weighted by atomic mass is 16.5. The lowest BCUT2D eigenvalue weighted by atomic mass is 10.0. The van der Waals surface area contributed by atoms with Gasteiger partial charge < -0.3 is 14.4 Å². The number of methoxy groups -OCH3 is 2. The average molecular weight is 508 g/mol. The summed E-state index contributed by atoms with van der Waals surface area (Å²) in [6.07, 6.45) is 5.86. The van der Waals surface area contributed by atoms with Crippen molar-refractivity contribution < 1.29 is 14.3 Å². The first kappa shape index (κ1) is 28.5. The van der Waals surface area contributed by atoms with E-state index >= 15 is 0 Å². The molecule has 1 unspecified atom stereocenters. The third kappa shape index (κ3) is 7.27. The topological polar surface area (TPSA) is 73.7 Å². The molecule has 0 aliphatic heterocycles. The number of hydrogen-bond donors (Lipinski definition) is 0. The standard InChI is InChI=1S/C30H41N3O4/c1-5-7-8-12-23-15-17-24(18-16-23)29(34)32(19-11-21-36-3)27(6-2)28-31-26-14-10-9-13-25(26)30(35)33(28)20-22-37-4/h9-10,13-18,27H,5-8,11-12,19-22H2,1-4H3. The van der Waals surface area contributed by atoms with Crippen molar-refractivity contribution in [1.82, 2.24) is 14.5 Å². The van der Waals surface area contributed by atoms with Gasteiger partial charge in [0.1, 0.15) is 5.82 Å². The lowest BCUT2D eigenvalue weighted by Crippen LogP contribution is -2.40. The van der Waals surface area contributed by atoms with Gasteiger partial charge >= 0.3 is 0 Å². The fourth-order valence-corrected chi connectivity index (χ4v) is 4.72. The molecule has 7 heteroatoms. The second-order valence-electron chi connectivity index (χ2n) is 9.36. The number of fused-ring (bicyclic) bond motifs is 1. The van der Waals surface area contributed by atoms with Crippen molar-refractivity contribution in [3.63, 3.8) is 0 Å². The molecule has 0 saturated carbocycles. The first-order valence-corrected chi connectivity index (χ1v) is 13.4. The molecule has 0 aliphatic carbocycles. The second-order valence-corrected chi connectivity index (χ2v) is 9.36. The molecule has 3 aromatic rings. The molecule has 0 N–H and O–H groups in total. The van der Waals surface area contributed by atoms with Gasteiger partial charge in [-0.2, -0.15) is 0 Å². The van der Waals surface area contributed by atoms with E-state index in [1.54, 1.807) is 24.9 Å². The van der Waals surface area contributed by atoms with Gasteiger partial charge in [-0.3, -0.25) is 14.2 Å². The van der Waals surface area contributed by atoms with Gasteiger partial charge in [-0.1, -0.05) is 51.0 Å². The first-order valence-electron chi connectivity index (χ1n) is 13.4. The fraction of sp³-hybridized carbons (Fsp3) is 0.500. The summed E-state index contributed by atoms with van der Waals surface area (Å²) in [6, 6.07) is 14.9. The number of rotatable bonds is 15. The van der Waals surface area contributed by atoms with Crippen LogP contribution >= 0.6 is 0 Å². The predicted octanol–water partition coefficient (Wildman–Crippen LogP) is 5.41. The van der Waals surface area contributed by atoms with Gasteiger partial charge in [0.05, 0.1) is 30.1 Å². The maximum atomic E-state index is 13.9. The molecule has 1 atom stereocenters. The van der Waals surface area contributed by atoms with E-state index in [2.05, 4.69) is 19.1 Å². The van der Waals surface area contributed by atoms with Crippen LogP contribution in [-0.4, -0.2) is 54.3 Å². The Morgan fingerprint density at radius 3 is 2.38 bits per heavy atom. The van der Waals surface area contributed by atoms with Crippen LogP contribution in [0.4, 0.5) is 0 Å². The maximum Gasteiger partial charge on any atom is 0.261 e. The van der Waals surface area contributed by atoms with Crippen molar-refractivity contribution in [2.75, 3.05) is 34.0 Å². The van der Waals surface area contributed by atoms with Crippen molar-refractivity contribution in [3.8, 4) is 0 Å². The van der Waals surface area contributed by atoms with Gasteiger partial charge in [0.25, 0.3) is 11.5 Å². The first-order chi connectivity index (χ1) is 18.0. The minimum Gasteiger partial charge on any atom is -0.385 e. The highest BCUT2D eigenvalue weighted by molar-refractivity contribution is 5.94. The molecule has 0 bridgehead atoms. The second kappa shape index (κ2) is 14.6. The van der Waals surface area contributed by atoms with Crippen LogP contribution in [-0.2, 0) is 22.4 Å². The Bertz CT molecular complexity index is 1190. The quantitative estimate of drug-likeness (QED) is 0.257. The molecule has 200 valence electrons. The van der Waals surface area contributed by atoms with Crippen LogP contribution < -0.4 is 5.56 Å². The van der Waals surface area contributed by atoms with Gasteiger partial charge in [-0.05, 0) is 55.5 Å². The van der Waals surface area contributed by atoms with Gasteiger partial charge in [0.15, 0.2) is 0 Å². The number of nitrogens with zero attached hydrogens (tertiary/aromatic N) is 3. The maximum absolute atomic E-state index is 13.9. The summed E-state index contributed by atoms with van der Waals surface area (Å²) in [5.41, 5.74) is 2.40. The summed E-state index contributed by atoms with van der Waals surface area (Å²) in [6.45, 7) is 6.00. The van der Waals surface area contributed by atoms with Crippen molar-refractivity contribution in [2.24, 2.45) is 0 Å². The highest BCUT2D eigenvalue weighted by Crippen LogP contribution is 2.26. The molecule has 3 rings (SSSR count). The molecule has 2 aromatic carbocycles. The van der Waals surface area contributed by atoms with Gasteiger partial charge in [-0.15, -0.1) is 0 Å². The van der Waals surface area contributed by atoms with E-state index in [4.69, 9.17) is 14.5 Å². The molecule has 0 saturated heterocycles. The van der Waals surface area contributed by atoms with Crippen LogP contribution in [0.1, 0.15) is 73.7 Å². The Morgan fingerprint density at radius 2 is 1.70 bits per heavy atom. The number of hydrogen-bond acceptors (Lipinski definition) is 5. The van der Waals surface area contributed by atoms with Gasteiger partial charge in [0.2, 0.25) is 0 Å². The van der Waals surface area contributed by atoms with Crippen molar-refractivity contribution >= 4 is 16.8 Å². The van der Waals surface area contributed by atoms with Crippen LogP contribution in [0.25, 0.3) is 10.9 Å². The Labute approximate surface area is 220 Å². The molecule has 0 fully saturated rings. The van der Waals surface area contributed by atoms with Crippen LogP contribution in [0.5, 0.6) is 0 Å². The lowest BCUT2D eigenvalue weighted by molar-refractivity contribution is 0.0629. The van der Waals surface area contributed by atoms with Crippen LogP contribution in [0.3, 0.4) is 0 Å². The van der Waals surface area contributed by atoms with Crippen molar-refractivity contribution in [3.05, 3.63) is 75.8 Å². The number of aromatic nitrogens is 2. The summed E-state index contributed by atoms with van der Waals surface area (Å²) in [5.74, 6) is 0.522. The van der Waals surface area contributed by atoms with E-state index in [-0.39, 0.29) is 17.5 Å². The zero-order valence-electron chi connectivity index (χ0n) is 22.7. The SMILES string of the molecule is CCCCCc1ccc(C(=O)N(CCCOC)C(CC)c2nc3ccccc3c(=O)n2CCOC)cc1. The summed E-state index contributed by atoms with van der Waals surface area (Å²) in [5, 5.41) is 0.563. The smallest absolute Gasteiger partial charge is 0.261 e. The molecule has 1 amide bonds. The minimum absolute atomic E-state index is 0.0660. The summed E-state index contributed by atoms with van der Waals surface area (Å²) >= 11 is 0. The van der Waals surface area contributed by atoms with Gasteiger partial charge in [-0.25, -0.2) is 4.98 Å². The number of unbranched alkanes of at least 4 members (excludes halogenated alkanes) is 2. The Morgan fingerprint density at radius 1 is 0.973 bits per heavy atom. The molecular weight excluding hydrogens is 466 g/mol. The molecule has 37 heavy (non-hydrogen) atoms. The summed E-state index contributed by atoms with van der Waals surface area (Å²) in [4.78, 5) is 34.2. The number of ether oxygens (including phenoxy) is 2. The Balaban J connectivity index is 2.02. The fourth-order valence-electron chi connectivity index (χ4n) is 4.72. The van der Waals surface area contributed by atoms with E-state index in [1.165, 1.54) is 18.4 Å². The highest BCUT2D eigenvalue weighted by Gasteiger charge is 2.29. The monoisotopic (exact) mass is 507 g/mol. The number of benzene rings is 2. The minimum atomic E-state index is -0.372. The number of para-hydroxylation sites is 1. The summed E-state index contributed by atoms with van der Waals surface area (Å²) in [7, 11) is 3.27. The van der Waals surface area contributed by atoms with Crippen molar-refractivity contribution in [2.45, 2.75) is 65.0 Å². The van der Waals surface area contributed by atoms with Crippen LogP contribution in [0, 0.1) is 0 Å².